The number of carbonyl (C=O) groups excluding carboxylic acids is 1. The Bertz CT molecular complexity index is 455. The molecule has 1 saturated carbocycles. The van der Waals surface area contributed by atoms with Crippen LogP contribution < -0.4 is 0 Å². The minimum atomic E-state index is 0.268. The molecule has 1 aliphatic carbocycles. The lowest BCUT2D eigenvalue weighted by Gasteiger charge is -2.43. The van der Waals surface area contributed by atoms with Crippen LogP contribution in [0.5, 0.6) is 0 Å². The van der Waals surface area contributed by atoms with Crippen molar-refractivity contribution in [3.05, 3.63) is 21.9 Å². The van der Waals surface area contributed by atoms with Gasteiger partial charge in [-0.05, 0) is 31.9 Å². The van der Waals surface area contributed by atoms with Crippen molar-refractivity contribution in [3.8, 4) is 0 Å². The highest BCUT2D eigenvalue weighted by Crippen LogP contribution is 2.28. The smallest absolute Gasteiger partial charge is 0.186 e. The van der Waals surface area contributed by atoms with Crippen molar-refractivity contribution >= 4 is 17.1 Å². The first-order chi connectivity index (χ1) is 9.24. The fourth-order valence-electron chi connectivity index (χ4n) is 3.22. The van der Waals surface area contributed by atoms with Crippen LogP contribution in [0.15, 0.2) is 12.1 Å². The van der Waals surface area contributed by atoms with Crippen molar-refractivity contribution in [1.29, 1.82) is 0 Å². The van der Waals surface area contributed by atoms with Crippen LogP contribution in [0.1, 0.15) is 40.2 Å². The molecule has 0 N–H and O–H groups in total. The van der Waals surface area contributed by atoms with Gasteiger partial charge in [0, 0.05) is 17.5 Å². The molecule has 2 atom stereocenters. The zero-order valence-electron chi connectivity index (χ0n) is 11.4. The van der Waals surface area contributed by atoms with Crippen LogP contribution >= 0.6 is 11.3 Å². The number of ether oxygens (including phenoxy) is 1. The summed E-state index contributed by atoms with van der Waals surface area (Å²) >= 11 is 1.61. The molecule has 2 aliphatic rings. The Kier molecular flexibility index (Phi) is 4.01. The van der Waals surface area contributed by atoms with E-state index in [1.54, 1.807) is 11.3 Å². The van der Waals surface area contributed by atoms with Gasteiger partial charge in [-0.1, -0.05) is 12.8 Å². The number of nitrogens with zero attached hydrogens (tertiary/aromatic N) is 1. The zero-order valence-corrected chi connectivity index (χ0v) is 12.2. The van der Waals surface area contributed by atoms with Gasteiger partial charge >= 0.3 is 0 Å². The second-order valence-corrected chi connectivity index (χ2v) is 6.85. The fourth-order valence-corrected chi connectivity index (χ4v) is 4.02. The van der Waals surface area contributed by atoms with E-state index in [4.69, 9.17) is 4.74 Å². The summed E-state index contributed by atoms with van der Waals surface area (Å²) in [6, 6.07) is 4.45. The molecule has 0 amide bonds. The van der Waals surface area contributed by atoms with E-state index in [1.165, 1.54) is 24.1 Å². The van der Waals surface area contributed by atoms with E-state index in [0.717, 1.165) is 24.4 Å². The standard InChI is InChI=1S/C15H21NO2S/c1-11-6-7-15(19-11)13(17)10-16-8-9-18-14-5-3-2-4-12(14)16/h6-7,12,14H,2-5,8-10H2,1H3. The molecule has 0 spiro atoms. The Labute approximate surface area is 118 Å². The number of hydrogen-bond donors (Lipinski definition) is 0. The summed E-state index contributed by atoms with van der Waals surface area (Å²) in [5.74, 6) is 0.268. The second-order valence-electron chi connectivity index (χ2n) is 5.56. The maximum Gasteiger partial charge on any atom is 0.186 e. The molecule has 0 aromatic carbocycles. The number of ketones is 1. The van der Waals surface area contributed by atoms with E-state index in [0.29, 0.717) is 18.7 Å². The van der Waals surface area contributed by atoms with Gasteiger partial charge in [0.25, 0.3) is 0 Å². The van der Waals surface area contributed by atoms with Gasteiger partial charge in [-0.2, -0.15) is 0 Å². The summed E-state index contributed by atoms with van der Waals surface area (Å²) in [7, 11) is 0. The molecule has 2 unspecified atom stereocenters. The number of carbonyl (C=O) groups is 1. The average Bonchev–Trinajstić information content (AvgIpc) is 2.86. The maximum absolute atomic E-state index is 12.3. The van der Waals surface area contributed by atoms with Crippen LogP contribution in [-0.4, -0.2) is 42.5 Å². The normalized spacial score (nSPS) is 28.1. The predicted octanol–water partition coefficient (Wildman–Crippen LogP) is 2.88. The minimum Gasteiger partial charge on any atom is -0.375 e. The molecular weight excluding hydrogens is 258 g/mol. The first-order valence-electron chi connectivity index (χ1n) is 7.19. The highest BCUT2D eigenvalue weighted by molar-refractivity contribution is 7.14. The highest BCUT2D eigenvalue weighted by atomic mass is 32.1. The Balaban J connectivity index is 1.66. The average molecular weight is 279 g/mol. The fraction of sp³-hybridized carbons (Fsp3) is 0.667. The van der Waals surface area contributed by atoms with E-state index in [1.807, 2.05) is 19.1 Å². The summed E-state index contributed by atoms with van der Waals surface area (Å²) in [5, 5.41) is 0. The summed E-state index contributed by atoms with van der Waals surface area (Å²) in [6.45, 7) is 4.28. The molecule has 4 heteroatoms. The molecule has 1 aromatic heterocycles. The van der Waals surface area contributed by atoms with Crippen LogP contribution in [0.3, 0.4) is 0 Å². The van der Waals surface area contributed by atoms with Gasteiger partial charge in [-0.25, -0.2) is 0 Å². The minimum absolute atomic E-state index is 0.268. The Hall–Kier alpha value is -0.710. The van der Waals surface area contributed by atoms with E-state index < -0.39 is 0 Å². The van der Waals surface area contributed by atoms with Crippen molar-refractivity contribution in [2.45, 2.75) is 44.8 Å². The summed E-state index contributed by atoms with van der Waals surface area (Å²) < 4.78 is 5.85. The molecule has 19 heavy (non-hydrogen) atoms. The van der Waals surface area contributed by atoms with Crippen molar-refractivity contribution in [2.24, 2.45) is 0 Å². The van der Waals surface area contributed by atoms with Crippen molar-refractivity contribution < 1.29 is 9.53 Å². The monoisotopic (exact) mass is 279 g/mol. The molecule has 2 fully saturated rings. The summed E-state index contributed by atoms with van der Waals surface area (Å²) in [4.78, 5) is 16.8. The number of Topliss-reactive ketones (excluding diaryl/α,β-unsaturated/α-hetero) is 1. The third-order valence-electron chi connectivity index (χ3n) is 4.21. The van der Waals surface area contributed by atoms with Gasteiger partial charge in [0.2, 0.25) is 0 Å². The summed E-state index contributed by atoms with van der Waals surface area (Å²) in [5.41, 5.74) is 0. The zero-order chi connectivity index (χ0) is 13.2. The van der Waals surface area contributed by atoms with E-state index in [-0.39, 0.29) is 5.78 Å². The SMILES string of the molecule is Cc1ccc(C(=O)CN2CCOC3CCCCC32)s1. The van der Waals surface area contributed by atoms with Gasteiger partial charge in [0.15, 0.2) is 5.78 Å². The molecule has 0 bridgehead atoms. The molecule has 0 radical (unpaired) electrons. The number of thiophene rings is 1. The summed E-state index contributed by atoms with van der Waals surface area (Å²) in [6.07, 6.45) is 5.25. The van der Waals surface area contributed by atoms with Crippen molar-refractivity contribution in [3.63, 3.8) is 0 Å². The van der Waals surface area contributed by atoms with Crippen LogP contribution in [0, 0.1) is 6.92 Å². The number of morpholine rings is 1. The van der Waals surface area contributed by atoms with Crippen LogP contribution in [0.25, 0.3) is 0 Å². The molecule has 1 aliphatic heterocycles. The van der Waals surface area contributed by atoms with Crippen LogP contribution in [0.4, 0.5) is 0 Å². The predicted molar refractivity (Wildman–Crippen MR) is 77.0 cm³/mol. The third-order valence-corrected chi connectivity index (χ3v) is 5.25. The molecule has 1 aromatic rings. The van der Waals surface area contributed by atoms with Gasteiger partial charge in [-0.3, -0.25) is 9.69 Å². The number of hydrogen-bond acceptors (Lipinski definition) is 4. The molecule has 2 heterocycles. The first kappa shape index (κ1) is 13.3. The Morgan fingerprint density at radius 1 is 1.42 bits per heavy atom. The van der Waals surface area contributed by atoms with Gasteiger partial charge < -0.3 is 4.74 Å². The van der Waals surface area contributed by atoms with Gasteiger partial charge in [0.1, 0.15) is 0 Å². The van der Waals surface area contributed by atoms with E-state index in [2.05, 4.69) is 4.90 Å². The van der Waals surface area contributed by atoms with E-state index in [9.17, 15) is 4.79 Å². The molecule has 104 valence electrons. The molecule has 1 saturated heterocycles. The second kappa shape index (κ2) is 5.73. The maximum atomic E-state index is 12.3. The lowest BCUT2D eigenvalue weighted by molar-refractivity contribution is -0.0846. The molecular formula is C15H21NO2S. The molecule has 3 rings (SSSR count). The van der Waals surface area contributed by atoms with Crippen LogP contribution in [0.2, 0.25) is 0 Å². The largest absolute Gasteiger partial charge is 0.375 e. The third kappa shape index (κ3) is 2.91. The van der Waals surface area contributed by atoms with Gasteiger partial charge in [-0.15, -0.1) is 11.3 Å². The Morgan fingerprint density at radius 2 is 2.26 bits per heavy atom. The quantitative estimate of drug-likeness (QED) is 0.797. The topological polar surface area (TPSA) is 29.5 Å². The highest BCUT2D eigenvalue weighted by Gasteiger charge is 2.35. The van der Waals surface area contributed by atoms with Crippen molar-refractivity contribution in [1.82, 2.24) is 4.90 Å². The first-order valence-corrected chi connectivity index (χ1v) is 8.01. The number of aryl methyl sites for hydroxylation is 1. The van der Waals surface area contributed by atoms with Crippen LogP contribution in [-0.2, 0) is 4.74 Å². The van der Waals surface area contributed by atoms with Crippen molar-refractivity contribution in [2.75, 3.05) is 19.7 Å². The van der Waals surface area contributed by atoms with E-state index >= 15 is 0 Å². The lowest BCUT2D eigenvalue weighted by atomic mass is 9.90. The Morgan fingerprint density at radius 3 is 3.05 bits per heavy atom. The molecule has 3 nitrogen and oxygen atoms in total. The number of rotatable bonds is 3. The lowest BCUT2D eigenvalue weighted by Crippen LogP contribution is -2.53. The van der Waals surface area contributed by atoms with Gasteiger partial charge in [0.05, 0.1) is 24.1 Å². The number of fused-ring (bicyclic) bond motifs is 1.